The van der Waals surface area contributed by atoms with Crippen molar-refractivity contribution in [2.45, 2.75) is 91.3 Å². The van der Waals surface area contributed by atoms with E-state index in [1.807, 2.05) is 26.0 Å². The second-order valence-electron chi connectivity index (χ2n) is 8.84. The molecule has 2 unspecified atom stereocenters. The van der Waals surface area contributed by atoms with Crippen molar-refractivity contribution in [1.82, 2.24) is 0 Å². The molecule has 28 heavy (non-hydrogen) atoms. The first-order valence-corrected chi connectivity index (χ1v) is 10.8. The van der Waals surface area contributed by atoms with Crippen LogP contribution in [0.5, 0.6) is 0 Å². The van der Waals surface area contributed by atoms with E-state index in [1.54, 1.807) is 0 Å². The molecule has 0 radical (unpaired) electrons. The molecule has 1 heterocycles. The van der Waals surface area contributed by atoms with E-state index in [0.29, 0.717) is 11.5 Å². The van der Waals surface area contributed by atoms with Crippen LogP contribution in [-0.4, -0.2) is 24.1 Å². The molecule has 2 fully saturated rings. The van der Waals surface area contributed by atoms with Gasteiger partial charge in [0.25, 0.3) is 0 Å². The van der Waals surface area contributed by atoms with Gasteiger partial charge in [0.2, 0.25) is 0 Å². The fraction of sp³-hybridized carbons (Fsp3) is 0.667. The molecule has 0 spiro atoms. The molecule has 1 saturated carbocycles. The monoisotopic (exact) mass is 386 g/mol. The van der Waals surface area contributed by atoms with Crippen LogP contribution < -0.4 is 0 Å². The molecule has 0 amide bonds. The van der Waals surface area contributed by atoms with E-state index in [9.17, 15) is 9.59 Å². The van der Waals surface area contributed by atoms with Gasteiger partial charge in [0.1, 0.15) is 12.2 Å². The maximum atomic E-state index is 12.6. The second kappa shape index (κ2) is 9.11. The molecule has 154 valence electrons. The SMILES string of the molecule is Cc1ccc(C(=O)OC2CCC(CCC3CCC(C)C(=O)O3)CC2)c(C)c1C. The van der Waals surface area contributed by atoms with Gasteiger partial charge in [-0.05, 0) is 101 Å². The Morgan fingerprint density at radius 2 is 1.71 bits per heavy atom. The highest BCUT2D eigenvalue weighted by atomic mass is 16.5. The van der Waals surface area contributed by atoms with Gasteiger partial charge in [-0.15, -0.1) is 0 Å². The fourth-order valence-corrected chi connectivity index (χ4v) is 4.45. The number of rotatable bonds is 5. The Morgan fingerprint density at radius 3 is 2.39 bits per heavy atom. The largest absolute Gasteiger partial charge is 0.462 e. The van der Waals surface area contributed by atoms with E-state index in [2.05, 4.69) is 13.8 Å². The molecule has 2 aliphatic rings. The van der Waals surface area contributed by atoms with Crippen molar-refractivity contribution in [1.29, 1.82) is 0 Å². The van der Waals surface area contributed by atoms with Crippen LogP contribution in [0.4, 0.5) is 0 Å². The normalized spacial score (nSPS) is 27.9. The summed E-state index contributed by atoms with van der Waals surface area (Å²) >= 11 is 0. The molecule has 1 aromatic carbocycles. The summed E-state index contributed by atoms with van der Waals surface area (Å²) in [7, 11) is 0. The predicted octanol–water partition coefficient (Wildman–Crippen LogP) is 5.45. The van der Waals surface area contributed by atoms with Crippen LogP contribution in [0.1, 0.15) is 85.3 Å². The Labute approximate surface area is 169 Å². The third-order valence-electron chi connectivity index (χ3n) is 6.85. The van der Waals surface area contributed by atoms with Crippen LogP contribution in [-0.2, 0) is 14.3 Å². The van der Waals surface area contributed by atoms with Gasteiger partial charge in [0, 0.05) is 0 Å². The minimum Gasteiger partial charge on any atom is -0.462 e. The van der Waals surface area contributed by atoms with Gasteiger partial charge in [-0.3, -0.25) is 4.79 Å². The minimum atomic E-state index is -0.188. The number of carbonyl (C=O) groups is 2. The van der Waals surface area contributed by atoms with Gasteiger partial charge in [-0.25, -0.2) is 4.79 Å². The molecule has 4 nitrogen and oxygen atoms in total. The number of carbonyl (C=O) groups excluding carboxylic acids is 2. The Kier molecular flexibility index (Phi) is 6.79. The minimum absolute atomic E-state index is 0.0260. The van der Waals surface area contributed by atoms with E-state index in [-0.39, 0.29) is 30.1 Å². The van der Waals surface area contributed by atoms with Crippen LogP contribution in [0.15, 0.2) is 12.1 Å². The summed E-state index contributed by atoms with van der Waals surface area (Å²) in [5, 5.41) is 0. The summed E-state index contributed by atoms with van der Waals surface area (Å²) in [4.78, 5) is 24.3. The molecule has 1 aromatic rings. The lowest BCUT2D eigenvalue weighted by atomic mass is 9.83. The molecule has 1 saturated heterocycles. The Balaban J connectivity index is 1.42. The molecular weight excluding hydrogens is 352 g/mol. The third-order valence-corrected chi connectivity index (χ3v) is 6.85. The maximum Gasteiger partial charge on any atom is 0.338 e. The molecule has 4 heteroatoms. The standard InChI is InChI=1S/C24H34O4/c1-15-6-14-22(18(4)17(15)3)24(26)28-21-12-8-19(9-13-21)7-11-20-10-5-16(2)23(25)27-20/h6,14,16,19-21H,5,7-13H2,1-4H3. The van der Waals surface area contributed by atoms with Crippen LogP contribution in [0.2, 0.25) is 0 Å². The number of benzene rings is 1. The van der Waals surface area contributed by atoms with Crippen LogP contribution >= 0.6 is 0 Å². The lowest BCUT2D eigenvalue weighted by Gasteiger charge is -2.31. The Hall–Kier alpha value is -1.84. The summed E-state index contributed by atoms with van der Waals surface area (Å²) in [6, 6.07) is 3.88. The van der Waals surface area contributed by atoms with Crippen LogP contribution in [0, 0.1) is 32.6 Å². The smallest absolute Gasteiger partial charge is 0.338 e. The van der Waals surface area contributed by atoms with Crippen molar-refractivity contribution in [3.8, 4) is 0 Å². The fourth-order valence-electron chi connectivity index (χ4n) is 4.45. The Bertz CT molecular complexity index is 716. The van der Waals surface area contributed by atoms with Crippen molar-refractivity contribution >= 4 is 11.9 Å². The summed E-state index contributed by atoms with van der Waals surface area (Å²) in [5.41, 5.74) is 4.08. The van der Waals surface area contributed by atoms with Crippen molar-refractivity contribution in [3.05, 3.63) is 34.4 Å². The first-order chi connectivity index (χ1) is 13.3. The average Bonchev–Trinajstić information content (AvgIpc) is 2.68. The van der Waals surface area contributed by atoms with E-state index < -0.39 is 0 Å². The van der Waals surface area contributed by atoms with E-state index in [0.717, 1.165) is 62.5 Å². The average molecular weight is 387 g/mol. The highest BCUT2D eigenvalue weighted by Crippen LogP contribution is 2.32. The first kappa shape index (κ1) is 20.9. The van der Waals surface area contributed by atoms with Gasteiger partial charge >= 0.3 is 11.9 Å². The van der Waals surface area contributed by atoms with Crippen molar-refractivity contribution in [3.63, 3.8) is 0 Å². The zero-order valence-electron chi connectivity index (χ0n) is 17.8. The molecule has 0 aromatic heterocycles. The first-order valence-electron chi connectivity index (χ1n) is 10.8. The van der Waals surface area contributed by atoms with Gasteiger partial charge < -0.3 is 9.47 Å². The molecule has 1 aliphatic heterocycles. The summed E-state index contributed by atoms with van der Waals surface area (Å²) in [6.07, 6.45) is 8.17. The molecule has 3 rings (SSSR count). The van der Waals surface area contributed by atoms with Crippen LogP contribution in [0.25, 0.3) is 0 Å². The summed E-state index contributed by atoms with van der Waals surface area (Å²) < 4.78 is 11.3. The molecule has 0 N–H and O–H groups in total. The van der Waals surface area contributed by atoms with Gasteiger partial charge in [-0.2, -0.15) is 0 Å². The number of ether oxygens (including phenoxy) is 2. The highest BCUT2D eigenvalue weighted by Gasteiger charge is 2.29. The second-order valence-corrected chi connectivity index (χ2v) is 8.84. The molecule has 2 atom stereocenters. The van der Waals surface area contributed by atoms with E-state index in [4.69, 9.17) is 9.47 Å². The van der Waals surface area contributed by atoms with Gasteiger partial charge in [-0.1, -0.05) is 13.0 Å². The number of hydrogen-bond donors (Lipinski definition) is 0. The van der Waals surface area contributed by atoms with E-state index in [1.165, 1.54) is 5.56 Å². The number of esters is 2. The molecular formula is C24H34O4. The highest BCUT2D eigenvalue weighted by molar-refractivity contribution is 5.91. The van der Waals surface area contributed by atoms with Gasteiger partial charge in [0.15, 0.2) is 0 Å². The quantitative estimate of drug-likeness (QED) is 0.632. The van der Waals surface area contributed by atoms with Crippen molar-refractivity contribution in [2.24, 2.45) is 11.8 Å². The van der Waals surface area contributed by atoms with Crippen molar-refractivity contribution < 1.29 is 19.1 Å². The zero-order valence-corrected chi connectivity index (χ0v) is 17.8. The third kappa shape index (κ3) is 4.95. The lowest BCUT2D eigenvalue weighted by molar-refractivity contribution is -0.160. The number of hydrogen-bond acceptors (Lipinski definition) is 4. The summed E-state index contributed by atoms with van der Waals surface area (Å²) in [5.74, 6) is 0.486. The molecule has 1 aliphatic carbocycles. The van der Waals surface area contributed by atoms with E-state index >= 15 is 0 Å². The topological polar surface area (TPSA) is 52.6 Å². The lowest BCUT2D eigenvalue weighted by Crippen LogP contribution is -2.30. The summed E-state index contributed by atoms with van der Waals surface area (Å²) in [6.45, 7) is 8.06. The Morgan fingerprint density at radius 1 is 1.00 bits per heavy atom. The maximum absolute atomic E-state index is 12.6. The molecule has 0 bridgehead atoms. The predicted molar refractivity (Wildman–Crippen MR) is 109 cm³/mol. The van der Waals surface area contributed by atoms with Gasteiger partial charge in [0.05, 0.1) is 11.5 Å². The number of cyclic esters (lactones) is 1. The zero-order chi connectivity index (χ0) is 20.3. The van der Waals surface area contributed by atoms with Crippen molar-refractivity contribution in [2.75, 3.05) is 0 Å². The van der Waals surface area contributed by atoms with Crippen LogP contribution in [0.3, 0.4) is 0 Å². The number of aryl methyl sites for hydroxylation is 1.